The van der Waals surface area contributed by atoms with E-state index < -0.39 is 0 Å². The smallest absolute Gasteiger partial charge is 0.0229 e. The Kier molecular flexibility index (Phi) is 2.83. The lowest BCUT2D eigenvalue weighted by Crippen LogP contribution is -2.15. The number of thiol groups is 1. The van der Waals surface area contributed by atoms with Crippen LogP contribution in [0.5, 0.6) is 0 Å². The third-order valence-electron chi connectivity index (χ3n) is 2.45. The SMILES string of the molecule is C=C(C)C1CC=C(C)C(S)C1. The molecule has 2 atom stereocenters. The van der Waals surface area contributed by atoms with E-state index in [-0.39, 0.29) is 0 Å². The van der Waals surface area contributed by atoms with Gasteiger partial charge in [-0.3, -0.25) is 0 Å². The predicted molar refractivity (Wildman–Crippen MR) is 54.1 cm³/mol. The zero-order valence-electron chi connectivity index (χ0n) is 7.30. The number of rotatable bonds is 1. The Labute approximate surface area is 74.8 Å². The Morgan fingerprint density at radius 3 is 2.82 bits per heavy atom. The molecule has 2 unspecified atom stereocenters. The molecule has 0 aliphatic heterocycles. The molecule has 0 aromatic heterocycles. The zero-order chi connectivity index (χ0) is 8.43. The second-order valence-corrected chi connectivity index (χ2v) is 4.10. The highest BCUT2D eigenvalue weighted by atomic mass is 32.1. The van der Waals surface area contributed by atoms with Gasteiger partial charge in [-0.05, 0) is 32.6 Å². The minimum atomic E-state index is 0.463. The fourth-order valence-corrected chi connectivity index (χ4v) is 1.78. The second kappa shape index (κ2) is 3.48. The maximum Gasteiger partial charge on any atom is 0.0229 e. The van der Waals surface area contributed by atoms with E-state index in [0.29, 0.717) is 11.2 Å². The van der Waals surface area contributed by atoms with Crippen LogP contribution < -0.4 is 0 Å². The highest BCUT2D eigenvalue weighted by molar-refractivity contribution is 7.81. The summed E-state index contributed by atoms with van der Waals surface area (Å²) in [6, 6.07) is 0. The maximum absolute atomic E-state index is 4.50. The van der Waals surface area contributed by atoms with Crippen LogP contribution in [0.4, 0.5) is 0 Å². The Balaban J connectivity index is 2.62. The molecule has 0 radical (unpaired) electrons. The zero-order valence-corrected chi connectivity index (χ0v) is 8.20. The van der Waals surface area contributed by atoms with Crippen molar-refractivity contribution in [3.8, 4) is 0 Å². The van der Waals surface area contributed by atoms with Gasteiger partial charge < -0.3 is 0 Å². The van der Waals surface area contributed by atoms with Crippen LogP contribution in [0.25, 0.3) is 0 Å². The van der Waals surface area contributed by atoms with Gasteiger partial charge in [0.2, 0.25) is 0 Å². The average molecular weight is 168 g/mol. The van der Waals surface area contributed by atoms with Crippen LogP contribution in [-0.2, 0) is 0 Å². The van der Waals surface area contributed by atoms with E-state index in [1.54, 1.807) is 0 Å². The van der Waals surface area contributed by atoms with Crippen molar-refractivity contribution in [2.24, 2.45) is 5.92 Å². The first-order valence-electron chi connectivity index (χ1n) is 4.11. The van der Waals surface area contributed by atoms with Crippen LogP contribution in [0.3, 0.4) is 0 Å². The third-order valence-corrected chi connectivity index (χ3v) is 3.07. The van der Waals surface area contributed by atoms with E-state index in [9.17, 15) is 0 Å². The Hall–Kier alpha value is -0.170. The lowest BCUT2D eigenvalue weighted by Gasteiger charge is -2.25. The molecule has 0 fully saturated rings. The Morgan fingerprint density at radius 1 is 1.73 bits per heavy atom. The van der Waals surface area contributed by atoms with Crippen molar-refractivity contribution in [1.82, 2.24) is 0 Å². The van der Waals surface area contributed by atoms with Gasteiger partial charge >= 0.3 is 0 Å². The van der Waals surface area contributed by atoms with Gasteiger partial charge in [-0.1, -0.05) is 23.8 Å². The van der Waals surface area contributed by atoms with Crippen molar-refractivity contribution in [2.75, 3.05) is 0 Å². The first-order valence-corrected chi connectivity index (χ1v) is 4.63. The fraction of sp³-hybridized carbons (Fsp3) is 0.600. The predicted octanol–water partition coefficient (Wildman–Crippen LogP) is 3.22. The van der Waals surface area contributed by atoms with Crippen molar-refractivity contribution in [3.05, 3.63) is 23.8 Å². The molecule has 1 aliphatic carbocycles. The van der Waals surface area contributed by atoms with Gasteiger partial charge in [0.05, 0.1) is 0 Å². The molecule has 0 saturated heterocycles. The molecule has 1 rings (SSSR count). The number of hydrogen-bond donors (Lipinski definition) is 1. The van der Waals surface area contributed by atoms with Gasteiger partial charge in [-0.15, -0.1) is 0 Å². The molecule has 0 N–H and O–H groups in total. The molecule has 0 spiro atoms. The summed E-state index contributed by atoms with van der Waals surface area (Å²) in [5.41, 5.74) is 2.72. The molecule has 62 valence electrons. The standard InChI is InChI=1S/C10H16S/c1-7(2)9-5-4-8(3)10(11)6-9/h4,9-11H,1,5-6H2,2-3H3. The number of allylic oxidation sites excluding steroid dienone is 2. The first kappa shape index (κ1) is 8.92. The van der Waals surface area contributed by atoms with Crippen LogP contribution in [0.2, 0.25) is 0 Å². The van der Waals surface area contributed by atoms with Crippen molar-refractivity contribution in [2.45, 2.75) is 31.9 Å². The molecule has 1 aliphatic rings. The van der Waals surface area contributed by atoms with Gasteiger partial charge in [0, 0.05) is 5.25 Å². The van der Waals surface area contributed by atoms with Crippen molar-refractivity contribution < 1.29 is 0 Å². The van der Waals surface area contributed by atoms with Crippen LogP contribution in [0.1, 0.15) is 26.7 Å². The molecule has 0 bridgehead atoms. The maximum atomic E-state index is 4.50. The van der Waals surface area contributed by atoms with Gasteiger partial charge in [0.25, 0.3) is 0 Å². The van der Waals surface area contributed by atoms with Crippen molar-refractivity contribution >= 4 is 12.6 Å². The quantitative estimate of drug-likeness (QED) is 0.451. The molecule has 0 amide bonds. The van der Waals surface area contributed by atoms with Crippen LogP contribution in [0.15, 0.2) is 23.8 Å². The molecule has 11 heavy (non-hydrogen) atoms. The normalized spacial score (nSPS) is 31.4. The largest absolute Gasteiger partial charge is 0.171 e. The van der Waals surface area contributed by atoms with Gasteiger partial charge in [0.1, 0.15) is 0 Å². The molecule has 1 heteroatoms. The lowest BCUT2D eigenvalue weighted by molar-refractivity contribution is 0.550. The van der Waals surface area contributed by atoms with E-state index in [2.05, 4.69) is 39.1 Å². The van der Waals surface area contributed by atoms with E-state index in [1.807, 2.05) is 0 Å². The van der Waals surface area contributed by atoms with Crippen molar-refractivity contribution in [3.63, 3.8) is 0 Å². The van der Waals surface area contributed by atoms with Gasteiger partial charge in [0.15, 0.2) is 0 Å². The summed E-state index contributed by atoms with van der Waals surface area (Å²) in [7, 11) is 0. The van der Waals surface area contributed by atoms with E-state index in [1.165, 1.54) is 17.6 Å². The molecule has 0 heterocycles. The number of hydrogen-bond acceptors (Lipinski definition) is 1. The minimum Gasteiger partial charge on any atom is -0.171 e. The van der Waals surface area contributed by atoms with E-state index in [4.69, 9.17) is 0 Å². The molecule has 0 aromatic carbocycles. The lowest BCUT2D eigenvalue weighted by atomic mass is 9.86. The minimum absolute atomic E-state index is 0.463. The molecule has 0 aromatic rings. The molecular weight excluding hydrogens is 152 g/mol. The summed E-state index contributed by atoms with van der Waals surface area (Å²) < 4.78 is 0. The van der Waals surface area contributed by atoms with Crippen molar-refractivity contribution in [1.29, 1.82) is 0 Å². The fourth-order valence-electron chi connectivity index (χ4n) is 1.42. The summed E-state index contributed by atoms with van der Waals surface area (Å²) in [6.45, 7) is 8.24. The third kappa shape index (κ3) is 2.13. The summed E-state index contributed by atoms with van der Waals surface area (Å²) in [6.07, 6.45) is 4.62. The van der Waals surface area contributed by atoms with Crippen LogP contribution in [0, 0.1) is 5.92 Å². The summed E-state index contributed by atoms with van der Waals surface area (Å²) in [4.78, 5) is 0. The summed E-state index contributed by atoms with van der Waals surface area (Å²) >= 11 is 4.50. The van der Waals surface area contributed by atoms with Crippen LogP contribution >= 0.6 is 12.6 Å². The Bertz CT molecular complexity index is 191. The topological polar surface area (TPSA) is 0 Å². The van der Waals surface area contributed by atoms with Crippen LogP contribution in [-0.4, -0.2) is 5.25 Å². The highest BCUT2D eigenvalue weighted by Crippen LogP contribution is 2.30. The highest BCUT2D eigenvalue weighted by Gasteiger charge is 2.18. The summed E-state index contributed by atoms with van der Waals surface area (Å²) in [5, 5.41) is 0.463. The Morgan fingerprint density at radius 2 is 2.36 bits per heavy atom. The van der Waals surface area contributed by atoms with E-state index >= 15 is 0 Å². The van der Waals surface area contributed by atoms with Gasteiger partial charge in [-0.2, -0.15) is 12.6 Å². The molecular formula is C10H16S. The van der Waals surface area contributed by atoms with Gasteiger partial charge in [-0.25, -0.2) is 0 Å². The van der Waals surface area contributed by atoms with E-state index in [0.717, 1.165) is 6.42 Å². The summed E-state index contributed by atoms with van der Waals surface area (Å²) in [5.74, 6) is 0.668. The second-order valence-electron chi connectivity index (χ2n) is 3.48. The molecule has 0 nitrogen and oxygen atoms in total. The first-order chi connectivity index (χ1) is 5.11. The monoisotopic (exact) mass is 168 g/mol. The molecule has 0 saturated carbocycles. The average Bonchev–Trinajstić information content (AvgIpc) is 1.94.